The molecular weight excluding hydrogens is 264 g/mol. The lowest BCUT2D eigenvalue weighted by Crippen LogP contribution is -2.34. The molecule has 0 spiro atoms. The van der Waals surface area contributed by atoms with Gasteiger partial charge in [-0.15, -0.1) is 0 Å². The highest BCUT2D eigenvalue weighted by Crippen LogP contribution is 2.40. The van der Waals surface area contributed by atoms with Crippen LogP contribution < -0.4 is 15.5 Å². The first-order chi connectivity index (χ1) is 10.1. The van der Waals surface area contributed by atoms with E-state index < -0.39 is 0 Å². The zero-order chi connectivity index (χ0) is 15.3. The van der Waals surface area contributed by atoms with E-state index in [-0.39, 0.29) is 0 Å². The van der Waals surface area contributed by atoms with Crippen molar-refractivity contribution in [3.63, 3.8) is 0 Å². The molecule has 1 fully saturated rings. The van der Waals surface area contributed by atoms with Crippen LogP contribution in [0.1, 0.15) is 47.0 Å². The minimum Gasteiger partial charge on any atom is -0.354 e. The number of nitrogens with one attached hydrogen (secondary N) is 2. The second kappa shape index (κ2) is 6.91. The van der Waals surface area contributed by atoms with Gasteiger partial charge in [-0.1, -0.05) is 13.3 Å². The van der Waals surface area contributed by atoms with Gasteiger partial charge in [-0.05, 0) is 39.0 Å². The van der Waals surface area contributed by atoms with Gasteiger partial charge in [0.05, 0.1) is 0 Å². The fourth-order valence-electron chi connectivity index (χ4n) is 2.58. The first kappa shape index (κ1) is 15.8. The Morgan fingerprint density at radius 1 is 1.00 bits per heavy atom. The van der Waals surface area contributed by atoms with Crippen LogP contribution in [-0.4, -0.2) is 41.1 Å². The van der Waals surface area contributed by atoms with E-state index in [1.807, 2.05) is 6.92 Å². The third kappa shape index (κ3) is 3.95. The van der Waals surface area contributed by atoms with Crippen molar-refractivity contribution in [3.05, 3.63) is 0 Å². The molecule has 0 aromatic carbocycles. The van der Waals surface area contributed by atoms with E-state index in [1.165, 1.54) is 19.3 Å². The Kier molecular flexibility index (Phi) is 5.20. The summed E-state index contributed by atoms with van der Waals surface area (Å²) in [4.78, 5) is 15.7. The van der Waals surface area contributed by atoms with Crippen molar-refractivity contribution in [3.8, 4) is 0 Å². The molecule has 0 unspecified atom stereocenters. The monoisotopic (exact) mass is 292 g/mol. The van der Waals surface area contributed by atoms with E-state index in [9.17, 15) is 0 Å². The second-order valence-corrected chi connectivity index (χ2v) is 6.00. The SMILES string of the molecule is CCNc1nc(NCC2(C)CCC2)nc(N(CC)CC)n1. The molecule has 0 amide bonds. The molecule has 1 aliphatic carbocycles. The lowest BCUT2D eigenvalue weighted by molar-refractivity contribution is 0.179. The summed E-state index contributed by atoms with van der Waals surface area (Å²) in [7, 11) is 0. The van der Waals surface area contributed by atoms with Gasteiger partial charge in [-0.2, -0.15) is 15.0 Å². The Morgan fingerprint density at radius 3 is 2.10 bits per heavy atom. The molecule has 0 aliphatic heterocycles. The Balaban J connectivity index is 2.14. The fraction of sp³-hybridized carbons (Fsp3) is 0.800. The average Bonchev–Trinajstić information content (AvgIpc) is 2.45. The molecule has 2 N–H and O–H groups in total. The van der Waals surface area contributed by atoms with Crippen molar-refractivity contribution in [1.29, 1.82) is 0 Å². The van der Waals surface area contributed by atoms with Crippen molar-refractivity contribution in [1.82, 2.24) is 15.0 Å². The van der Waals surface area contributed by atoms with Gasteiger partial charge >= 0.3 is 0 Å². The van der Waals surface area contributed by atoms with E-state index in [4.69, 9.17) is 0 Å². The number of aromatic nitrogens is 3. The molecule has 1 aromatic heterocycles. The molecule has 2 rings (SSSR count). The zero-order valence-electron chi connectivity index (χ0n) is 13.7. The number of anilines is 3. The molecule has 1 heterocycles. The van der Waals surface area contributed by atoms with Crippen LogP contribution in [0.2, 0.25) is 0 Å². The van der Waals surface area contributed by atoms with E-state index in [0.717, 1.165) is 32.1 Å². The third-order valence-electron chi connectivity index (χ3n) is 4.24. The highest BCUT2D eigenvalue weighted by Gasteiger charge is 2.31. The maximum atomic E-state index is 4.57. The fourth-order valence-corrected chi connectivity index (χ4v) is 2.58. The summed E-state index contributed by atoms with van der Waals surface area (Å²) in [5.41, 5.74) is 0.403. The topological polar surface area (TPSA) is 66.0 Å². The van der Waals surface area contributed by atoms with Gasteiger partial charge in [0.15, 0.2) is 0 Å². The Morgan fingerprint density at radius 2 is 1.62 bits per heavy atom. The van der Waals surface area contributed by atoms with Crippen molar-refractivity contribution in [2.24, 2.45) is 5.41 Å². The average molecular weight is 292 g/mol. The molecule has 6 nitrogen and oxygen atoms in total. The number of hydrogen-bond acceptors (Lipinski definition) is 6. The summed E-state index contributed by atoms with van der Waals surface area (Å²) in [6.07, 6.45) is 3.91. The first-order valence-electron chi connectivity index (χ1n) is 8.09. The zero-order valence-corrected chi connectivity index (χ0v) is 13.7. The number of nitrogens with zero attached hydrogens (tertiary/aromatic N) is 4. The summed E-state index contributed by atoms with van der Waals surface area (Å²) < 4.78 is 0. The smallest absolute Gasteiger partial charge is 0.231 e. The van der Waals surface area contributed by atoms with Gasteiger partial charge in [-0.3, -0.25) is 0 Å². The van der Waals surface area contributed by atoms with E-state index >= 15 is 0 Å². The molecule has 0 bridgehead atoms. The Hall–Kier alpha value is -1.59. The second-order valence-electron chi connectivity index (χ2n) is 6.00. The Labute approximate surface area is 127 Å². The predicted molar refractivity (Wildman–Crippen MR) is 88.0 cm³/mol. The predicted octanol–water partition coefficient (Wildman–Crippen LogP) is 2.75. The minimum atomic E-state index is 0.403. The summed E-state index contributed by atoms with van der Waals surface area (Å²) in [5, 5.41) is 6.59. The maximum Gasteiger partial charge on any atom is 0.231 e. The van der Waals surface area contributed by atoms with Crippen LogP contribution in [0.5, 0.6) is 0 Å². The van der Waals surface area contributed by atoms with Crippen LogP contribution in [0, 0.1) is 5.41 Å². The summed E-state index contributed by atoms with van der Waals surface area (Å²) in [5.74, 6) is 2.07. The largest absolute Gasteiger partial charge is 0.354 e. The van der Waals surface area contributed by atoms with E-state index in [1.54, 1.807) is 0 Å². The lowest BCUT2D eigenvalue weighted by atomic mass is 9.70. The summed E-state index contributed by atoms with van der Waals surface area (Å²) in [6.45, 7) is 12.1. The normalized spacial score (nSPS) is 16.2. The minimum absolute atomic E-state index is 0.403. The van der Waals surface area contributed by atoms with E-state index in [0.29, 0.717) is 17.3 Å². The van der Waals surface area contributed by atoms with Crippen molar-refractivity contribution in [2.45, 2.75) is 47.0 Å². The molecule has 1 aromatic rings. The highest BCUT2D eigenvalue weighted by molar-refractivity contribution is 5.43. The third-order valence-corrected chi connectivity index (χ3v) is 4.24. The molecule has 6 heteroatoms. The van der Waals surface area contributed by atoms with Crippen LogP contribution in [0.3, 0.4) is 0 Å². The number of hydrogen-bond donors (Lipinski definition) is 2. The molecule has 1 aliphatic rings. The standard InChI is InChI=1S/C15H28N6/c1-5-16-12-18-13(17-11-15(4)9-8-10-15)20-14(19-12)21(6-2)7-3/h5-11H2,1-4H3,(H2,16,17,18,19,20). The van der Waals surface area contributed by atoms with Crippen LogP contribution >= 0.6 is 0 Å². The van der Waals surface area contributed by atoms with Crippen molar-refractivity contribution >= 4 is 17.8 Å². The molecule has 0 atom stereocenters. The van der Waals surface area contributed by atoms with Gasteiger partial charge < -0.3 is 15.5 Å². The molecular formula is C15H28N6. The number of rotatable bonds is 8. The van der Waals surface area contributed by atoms with E-state index in [2.05, 4.69) is 51.3 Å². The highest BCUT2D eigenvalue weighted by atomic mass is 15.3. The van der Waals surface area contributed by atoms with Crippen LogP contribution in [-0.2, 0) is 0 Å². The molecule has 21 heavy (non-hydrogen) atoms. The maximum absolute atomic E-state index is 4.57. The molecule has 118 valence electrons. The van der Waals surface area contributed by atoms with Gasteiger partial charge in [0.2, 0.25) is 17.8 Å². The molecule has 1 saturated carbocycles. The van der Waals surface area contributed by atoms with Crippen LogP contribution in [0.4, 0.5) is 17.8 Å². The lowest BCUT2D eigenvalue weighted by Gasteiger charge is -2.38. The first-order valence-corrected chi connectivity index (χ1v) is 8.09. The van der Waals surface area contributed by atoms with Crippen LogP contribution in [0.15, 0.2) is 0 Å². The van der Waals surface area contributed by atoms with Crippen molar-refractivity contribution in [2.75, 3.05) is 41.7 Å². The quantitative estimate of drug-likeness (QED) is 0.768. The summed E-state index contributed by atoms with van der Waals surface area (Å²) in [6, 6.07) is 0. The van der Waals surface area contributed by atoms with Crippen molar-refractivity contribution < 1.29 is 0 Å². The van der Waals surface area contributed by atoms with Gasteiger partial charge in [0, 0.05) is 26.2 Å². The summed E-state index contributed by atoms with van der Waals surface area (Å²) >= 11 is 0. The van der Waals surface area contributed by atoms with Gasteiger partial charge in [0.25, 0.3) is 0 Å². The van der Waals surface area contributed by atoms with Crippen LogP contribution in [0.25, 0.3) is 0 Å². The molecule has 0 saturated heterocycles. The molecule has 0 radical (unpaired) electrons. The Bertz CT molecular complexity index is 453. The van der Waals surface area contributed by atoms with Gasteiger partial charge in [-0.25, -0.2) is 0 Å². The van der Waals surface area contributed by atoms with Gasteiger partial charge in [0.1, 0.15) is 0 Å².